The van der Waals surface area contributed by atoms with Gasteiger partial charge in [-0.15, -0.1) is 0 Å². The van der Waals surface area contributed by atoms with Crippen LogP contribution in [0.5, 0.6) is 11.5 Å². The molecule has 0 fully saturated rings. The van der Waals surface area contributed by atoms with Crippen LogP contribution in [0.15, 0.2) is 28.7 Å². The standard InChI is InChI=1S/C15H18O4/c1-9-7-12(10(2)19-9)15(16)11-5-6-13(17-3)14(8-11)18-4/h5-8,15-16H,1-4H3. The molecule has 1 heterocycles. The lowest BCUT2D eigenvalue weighted by molar-refractivity contribution is 0.217. The molecule has 0 bridgehead atoms. The largest absolute Gasteiger partial charge is 0.493 e. The second-order valence-electron chi connectivity index (χ2n) is 4.39. The Bertz CT molecular complexity index is 572. The third-order valence-electron chi connectivity index (χ3n) is 3.10. The van der Waals surface area contributed by atoms with E-state index < -0.39 is 6.10 Å². The minimum atomic E-state index is -0.739. The first kappa shape index (κ1) is 13.5. The molecule has 2 rings (SSSR count). The second-order valence-corrected chi connectivity index (χ2v) is 4.39. The minimum Gasteiger partial charge on any atom is -0.493 e. The van der Waals surface area contributed by atoms with E-state index in [9.17, 15) is 5.11 Å². The van der Waals surface area contributed by atoms with Crippen LogP contribution >= 0.6 is 0 Å². The maximum absolute atomic E-state index is 10.4. The van der Waals surface area contributed by atoms with Crippen LogP contribution in [-0.4, -0.2) is 19.3 Å². The van der Waals surface area contributed by atoms with Crippen molar-refractivity contribution in [3.63, 3.8) is 0 Å². The van der Waals surface area contributed by atoms with Gasteiger partial charge < -0.3 is 19.0 Å². The number of aryl methyl sites for hydroxylation is 2. The first-order valence-electron chi connectivity index (χ1n) is 6.03. The highest BCUT2D eigenvalue weighted by atomic mass is 16.5. The van der Waals surface area contributed by atoms with Crippen molar-refractivity contribution in [2.24, 2.45) is 0 Å². The molecular weight excluding hydrogens is 244 g/mol. The first-order valence-corrected chi connectivity index (χ1v) is 6.03. The fraction of sp³-hybridized carbons (Fsp3) is 0.333. The van der Waals surface area contributed by atoms with Gasteiger partial charge in [-0.2, -0.15) is 0 Å². The number of furan rings is 1. The molecule has 0 aliphatic heterocycles. The molecule has 102 valence electrons. The topological polar surface area (TPSA) is 51.8 Å². The third kappa shape index (κ3) is 2.58. The SMILES string of the molecule is COc1ccc(C(O)c2cc(C)oc2C)cc1OC. The monoisotopic (exact) mass is 262 g/mol. The van der Waals surface area contributed by atoms with E-state index in [1.54, 1.807) is 26.4 Å². The van der Waals surface area contributed by atoms with Crippen molar-refractivity contribution >= 4 is 0 Å². The Balaban J connectivity index is 2.39. The number of hydrogen-bond donors (Lipinski definition) is 1. The molecule has 0 radical (unpaired) electrons. The fourth-order valence-electron chi connectivity index (χ4n) is 2.12. The summed E-state index contributed by atoms with van der Waals surface area (Å²) in [6, 6.07) is 7.20. The van der Waals surface area contributed by atoms with Gasteiger partial charge in [0.05, 0.1) is 14.2 Å². The zero-order chi connectivity index (χ0) is 14.0. The lowest BCUT2D eigenvalue weighted by Crippen LogP contribution is -2.01. The van der Waals surface area contributed by atoms with Gasteiger partial charge in [-0.05, 0) is 37.6 Å². The van der Waals surface area contributed by atoms with Crippen LogP contribution in [0.1, 0.15) is 28.8 Å². The third-order valence-corrected chi connectivity index (χ3v) is 3.10. The molecule has 1 atom stereocenters. The zero-order valence-corrected chi connectivity index (χ0v) is 11.6. The molecule has 1 aromatic carbocycles. The van der Waals surface area contributed by atoms with Crippen molar-refractivity contribution in [2.45, 2.75) is 20.0 Å². The molecule has 1 aromatic heterocycles. The van der Waals surface area contributed by atoms with Crippen LogP contribution < -0.4 is 9.47 Å². The summed E-state index contributed by atoms with van der Waals surface area (Å²) in [5.74, 6) is 2.74. The highest BCUT2D eigenvalue weighted by molar-refractivity contribution is 5.45. The first-order chi connectivity index (χ1) is 9.06. The summed E-state index contributed by atoms with van der Waals surface area (Å²) < 4.78 is 15.9. The number of aliphatic hydroxyl groups excluding tert-OH is 1. The van der Waals surface area contributed by atoms with Crippen molar-refractivity contribution in [3.05, 3.63) is 46.9 Å². The predicted molar refractivity (Wildman–Crippen MR) is 71.8 cm³/mol. The average molecular weight is 262 g/mol. The van der Waals surface area contributed by atoms with Gasteiger partial charge >= 0.3 is 0 Å². The van der Waals surface area contributed by atoms with Crippen LogP contribution in [0.4, 0.5) is 0 Å². The van der Waals surface area contributed by atoms with E-state index in [4.69, 9.17) is 13.9 Å². The molecule has 1 unspecified atom stereocenters. The van der Waals surface area contributed by atoms with Crippen LogP contribution in [0.3, 0.4) is 0 Å². The van der Waals surface area contributed by atoms with Crippen LogP contribution in [0, 0.1) is 13.8 Å². The molecule has 0 saturated heterocycles. The van der Waals surface area contributed by atoms with E-state index in [1.165, 1.54) is 0 Å². The normalized spacial score (nSPS) is 12.3. The summed E-state index contributed by atoms with van der Waals surface area (Å²) in [6.45, 7) is 3.70. The lowest BCUT2D eigenvalue weighted by atomic mass is 10.0. The smallest absolute Gasteiger partial charge is 0.161 e. The molecule has 4 nitrogen and oxygen atoms in total. The molecule has 4 heteroatoms. The highest BCUT2D eigenvalue weighted by Gasteiger charge is 2.18. The number of hydrogen-bond acceptors (Lipinski definition) is 4. The maximum atomic E-state index is 10.4. The predicted octanol–water partition coefficient (Wildman–Crippen LogP) is 3.00. The number of methoxy groups -OCH3 is 2. The Morgan fingerprint density at radius 1 is 1.05 bits per heavy atom. The van der Waals surface area contributed by atoms with Gasteiger partial charge in [-0.3, -0.25) is 0 Å². The molecule has 0 amide bonds. The summed E-state index contributed by atoms with van der Waals surface area (Å²) >= 11 is 0. The number of rotatable bonds is 4. The minimum absolute atomic E-state index is 0.594. The molecule has 0 spiro atoms. The molecule has 0 aliphatic rings. The molecule has 0 saturated carbocycles. The van der Waals surface area contributed by atoms with Gasteiger partial charge in [0.25, 0.3) is 0 Å². The Morgan fingerprint density at radius 3 is 2.26 bits per heavy atom. The van der Waals surface area contributed by atoms with E-state index in [-0.39, 0.29) is 0 Å². The Kier molecular flexibility index (Phi) is 3.81. The molecule has 1 N–H and O–H groups in total. The summed E-state index contributed by atoms with van der Waals surface area (Å²) in [6.07, 6.45) is -0.739. The average Bonchev–Trinajstić information content (AvgIpc) is 2.76. The van der Waals surface area contributed by atoms with Crippen molar-refractivity contribution in [3.8, 4) is 11.5 Å². The quantitative estimate of drug-likeness (QED) is 0.920. The second kappa shape index (κ2) is 5.36. The fourth-order valence-corrected chi connectivity index (χ4v) is 2.12. The van der Waals surface area contributed by atoms with Gasteiger partial charge in [-0.1, -0.05) is 6.07 Å². The van der Waals surface area contributed by atoms with E-state index in [2.05, 4.69) is 0 Å². The van der Waals surface area contributed by atoms with Gasteiger partial charge in [0.15, 0.2) is 11.5 Å². The summed E-state index contributed by atoms with van der Waals surface area (Å²) in [4.78, 5) is 0. The van der Waals surface area contributed by atoms with Crippen molar-refractivity contribution in [1.29, 1.82) is 0 Å². The summed E-state index contributed by atoms with van der Waals surface area (Å²) in [5.41, 5.74) is 1.51. The highest BCUT2D eigenvalue weighted by Crippen LogP contribution is 2.33. The Labute approximate surface area is 112 Å². The van der Waals surface area contributed by atoms with E-state index in [1.807, 2.05) is 26.0 Å². The molecule has 19 heavy (non-hydrogen) atoms. The molecule has 0 aliphatic carbocycles. The van der Waals surface area contributed by atoms with E-state index in [0.717, 1.165) is 22.6 Å². The van der Waals surface area contributed by atoms with Gasteiger partial charge in [0.1, 0.15) is 17.6 Å². The van der Waals surface area contributed by atoms with Gasteiger partial charge in [0.2, 0.25) is 0 Å². The Hall–Kier alpha value is -1.94. The number of aliphatic hydroxyl groups is 1. The zero-order valence-electron chi connectivity index (χ0n) is 11.6. The number of ether oxygens (including phenoxy) is 2. The molecular formula is C15H18O4. The van der Waals surface area contributed by atoms with E-state index in [0.29, 0.717) is 11.5 Å². The van der Waals surface area contributed by atoms with Crippen molar-refractivity contribution in [1.82, 2.24) is 0 Å². The van der Waals surface area contributed by atoms with Crippen LogP contribution in [0.2, 0.25) is 0 Å². The van der Waals surface area contributed by atoms with Crippen molar-refractivity contribution < 1.29 is 19.0 Å². The number of benzene rings is 1. The van der Waals surface area contributed by atoms with E-state index >= 15 is 0 Å². The lowest BCUT2D eigenvalue weighted by Gasteiger charge is -2.13. The molecule has 2 aromatic rings. The Morgan fingerprint density at radius 2 is 1.74 bits per heavy atom. The summed E-state index contributed by atoms with van der Waals surface area (Å²) in [5, 5.41) is 10.4. The van der Waals surface area contributed by atoms with Crippen molar-refractivity contribution in [2.75, 3.05) is 14.2 Å². The maximum Gasteiger partial charge on any atom is 0.161 e. The van der Waals surface area contributed by atoms with Crippen LogP contribution in [-0.2, 0) is 0 Å². The van der Waals surface area contributed by atoms with Gasteiger partial charge in [-0.25, -0.2) is 0 Å². The summed E-state index contributed by atoms with van der Waals surface area (Å²) in [7, 11) is 3.15. The van der Waals surface area contributed by atoms with Crippen LogP contribution in [0.25, 0.3) is 0 Å². The van der Waals surface area contributed by atoms with Gasteiger partial charge in [0, 0.05) is 5.56 Å².